The van der Waals surface area contributed by atoms with E-state index >= 15 is 0 Å². The van der Waals surface area contributed by atoms with Gasteiger partial charge in [0.2, 0.25) is 0 Å². The second-order valence-electron chi connectivity index (χ2n) is 5.02. The van der Waals surface area contributed by atoms with Gasteiger partial charge in [-0.05, 0) is 26.2 Å². The van der Waals surface area contributed by atoms with Crippen LogP contribution in [-0.2, 0) is 14.3 Å². The number of morpholine rings is 1. The molecule has 1 rings (SSSR count). The number of hydrogen-bond donors (Lipinski definition) is 0. The number of quaternary nitrogens is 1. The molecule has 0 amide bonds. The molecule has 1 heterocycles. The monoisotopic (exact) mass is 323 g/mol. The minimum absolute atomic E-state index is 0. The van der Waals surface area contributed by atoms with E-state index in [2.05, 4.69) is 7.05 Å². The van der Waals surface area contributed by atoms with E-state index in [0.717, 1.165) is 43.6 Å². The molecule has 0 aromatic rings. The average molecular weight is 324 g/mol. The molecule has 0 bridgehead atoms. The smallest absolute Gasteiger partial charge is 0.305 e. The Morgan fingerprint density at radius 3 is 2.50 bits per heavy atom. The number of likely N-dealkylation sites (N-methyl/N-ethyl adjacent to an activating group) is 1. The summed E-state index contributed by atoms with van der Waals surface area (Å²) in [5.41, 5.74) is 0. The van der Waals surface area contributed by atoms with E-state index in [9.17, 15) is 4.79 Å². The lowest BCUT2D eigenvalue weighted by Crippen LogP contribution is -3.00. The number of hydrogen-bond acceptors (Lipinski definition) is 3. The highest BCUT2D eigenvalue weighted by Gasteiger charge is 2.24. The fourth-order valence-electron chi connectivity index (χ4n) is 2.18. The molecule has 4 nitrogen and oxygen atoms in total. The predicted molar refractivity (Wildman–Crippen MR) is 66.7 cm³/mol. The number of carbonyl (C=O) groups is 1. The van der Waals surface area contributed by atoms with Gasteiger partial charge >= 0.3 is 5.97 Å². The Balaban J connectivity index is 0.00000289. The van der Waals surface area contributed by atoms with Crippen molar-refractivity contribution in [2.24, 2.45) is 0 Å². The molecule has 1 fully saturated rings. The maximum Gasteiger partial charge on any atom is 0.305 e. The van der Waals surface area contributed by atoms with Crippen LogP contribution in [-0.4, -0.2) is 57.0 Å². The Kier molecular flexibility index (Phi) is 9.68. The van der Waals surface area contributed by atoms with E-state index in [4.69, 9.17) is 9.47 Å². The molecule has 0 unspecified atom stereocenters. The SMILES string of the molecule is CCOC(=O)CCCCC[N+]1(C)CCOCC1.[Br-]. The van der Waals surface area contributed by atoms with E-state index in [1.807, 2.05) is 6.92 Å². The van der Waals surface area contributed by atoms with Crippen molar-refractivity contribution in [1.29, 1.82) is 0 Å². The van der Waals surface area contributed by atoms with Crippen LogP contribution in [0.1, 0.15) is 32.6 Å². The first kappa shape index (κ1) is 17.9. The number of nitrogens with zero attached hydrogens (tertiary/aromatic N) is 1. The molecular weight excluding hydrogens is 298 g/mol. The first-order valence-corrected chi connectivity index (χ1v) is 6.73. The lowest BCUT2D eigenvalue weighted by Gasteiger charge is -2.37. The molecule has 0 radical (unpaired) electrons. The van der Waals surface area contributed by atoms with Crippen LogP contribution < -0.4 is 17.0 Å². The highest BCUT2D eigenvalue weighted by atomic mass is 79.9. The van der Waals surface area contributed by atoms with Crippen LogP contribution in [0.15, 0.2) is 0 Å². The summed E-state index contributed by atoms with van der Waals surface area (Å²) in [5, 5.41) is 0. The lowest BCUT2D eigenvalue weighted by atomic mass is 10.1. The molecule has 18 heavy (non-hydrogen) atoms. The number of ether oxygens (including phenoxy) is 2. The van der Waals surface area contributed by atoms with Gasteiger partial charge in [0.15, 0.2) is 0 Å². The molecule has 0 atom stereocenters. The molecule has 5 heteroatoms. The van der Waals surface area contributed by atoms with Gasteiger partial charge in [-0.2, -0.15) is 0 Å². The van der Waals surface area contributed by atoms with Crippen molar-refractivity contribution >= 4 is 5.97 Å². The van der Waals surface area contributed by atoms with E-state index in [0.29, 0.717) is 13.0 Å². The van der Waals surface area contributed by atoms with Gasteiger partial charge in [0, 0.05) is 6.42 Å². The molecule has 0 N–H and O–H groups in total. The number of esters is 1. The Labute approximate surface area is 121 Å². The maximum atomic E-state index is 11.1. The zero-order valence-electron chi connectivity index (χ0n) is 11.6. The first-order chi connectivity index (χ1) is 8.16. The Morgan fingerprint density at radius 1 is 1.22 bits per heavy atom. The van der Waals surface area contributed by atoms with Crippen molar-refractivity contribution in [1.82, 2.24) is 0 Å². The number of carbonyl (C=O) groups excluding carboxylic acids is 1. The minimum atomic E-state index is -0.0562. The average Bonchev–Trinajstić information content (AvgIpc) is 2.30. The summed E-state index contributed by atoms with van der Waals surface area (Å²) in [6, 6.07) is 0. The summed E-state index contributed by atoms with van der Waals surface area (Å²) in [6.07, 6.45) is 3.83. The Bertz CT molecular complexity index is 230. The fourth-order valence-corrected chi connectivity index (χ4v) is 2.18. The third-order valence-corrected chi connectivity index (χ3v) is 3.44. The van der Waals surface area contributed by atoms with Crippen molar-refractivity contribution in [2.45, 2.75) is 32.6 Å². The Morgan fingerprint density at radius 2 is 1.89 bits per heavy atom. The topological polar surface area (TPSA) is 35.5 Å². The number of halogens is 1. The quantitative estimate of drug-likeness (QED) is 0.328. The van der Waals surface area contributed by atoms with Crippen LogP contribution in [0, 0.1) is 0 Å². The summed E-state index contributed by atoms with van der Waals surface area (Å²) >= 11 is 0. The summed E-state index contributed by atoms with van der Waals surface area (Å²) in [7, 11) is 2.30. The van der Waals surface area contributed by atoms with Crippen molar-refractivity contribution in [2.75, 3.05) is 46.5 Å². The zero-order valence-corrected chi connectivity index (χ0v) is 13.2. The van der Waals surface area contributed by atoms with Gasteiger partial charge in [-0.3, -0.25) is 4.79 Å². The molecule has 1 aliphatic rings. The maximum absolute atomic E-state index is 11.1. The summed E-state index contributed by atoms with van der Waals surface area (Å²) in [6.45, 7) is 7.57. The zero-order chi connectivity index (χ0) is 12.6. The van der Waals surface area contributed by atoms with Gasteiger partial charge in [0.1, 0.15) is 13.1 Å². The van der Waals surface area contributed by atoms with Gasteiger partial charge in [0.05, 0.1) is 33.4 Å². The number of unbranched alkanes of at least 4 members (excludes halogenated alkanes) is 2. The summed E-state index contributed by atoms with van der Waals surface area (Å²) in [5.74, 6) is -0.0562. The van der Waals surface area contributed by atoms with Crippen LogP contribution >= 0.6 is 0 Å². The van der Waals surface area contributed by atoms with Gasteiger partial charge < -0.3 is 30.9 Å². The van der Waals surface area contributed by atoms with Crippen molar-refractivity contribution in [3.63, 3.8) is 0 Å². The van der Waals surface area contributed by atoms with Crippen molar-refractivity contribution < 1.29 is 35.7 Å². The predicted octanol–water partition coefficient (Wildman–Crippen LogP) is -1.41. The molecule has 1 saturated heterocycles. The van der Waals surface area contributed by atoms with Crippen molar-refractivity contribution in [3.05, 3.63) is 0 Å². The fraction of sp³-hybridized carbons (Fsp3) is 0.923. The first-order valence-electron chi connectivity index (χ1n) is 6.73. The highest BCUT2D eigenvalue weighted by Crippen LogP contribution is 2.11. The van der Waals surface area contributed by atoms with Gasteiger partial charge in [-0.15, -0.1) is 0 Å². The van der Waals surface area contributed by atoms with E-state index in [-0.39, 0.29) is 23.0 Å². The normalized spacial score (nSPS) is 17.9. The molecule has 0 saturated carbocycles. The van der Waals surface area contributed by atoms with E-state index < -0.39 is 0 Å². The molecular formula is C13H26BrNO3. The highest BCUT2D eigenvalue weighted by molar-refractivity contribution is 5.69. The molecule has 0 aromatic heterocycles. The van der Waals surface area contributed by atoms with Crippen LogP contribution in [0.5, 0.6) is 0 Å². The lowest BCUT2D eigenvalue weighted by molar-refractivity contribution is -0.917. The minimum Gasteiger partial charge on any atom is -1.00 e. The van der Waals surface area contributed by atoms with Crippen LogP contribution in [0.3, 0.4) is 0 Å². The van der Waals surface area contributed by atoms with E-state index in [1.54, 1.807) is 0 Å². The van der Waals surface area contributed by atoms with Crippen molar-refractivity contribution in [3.8, 4) is 0 Å². The van der Waals surface area contributed by atoms with Gasteiger partial charge in [-0.25, -0.2) is 0 Å². The second-order valence-corrected chi connectivity index (χ2v) is 5.02. The third kappa shape index (κ3) is 7.34. The Hall–Kier alpha value is -0.130. The van der Waals surface area contributed by atoms with Gasteiger partial charge in [0.25, 0.3) is 0 Å². The molecule has 108 valence electrons. The third-order valence-electron chi connectivity index (χ3n) is 3.44. The van der Waals surface area contributed by atoms with Crippen LogP contribution in [0.2, 0.25) is 0 Å². The van der Waals surface area contributed by atoms with E-state index in [1.165, 1.54) is 13.0 Å². The van der Waals surface area contributed by atoms with Crippen LogP contribution in [0.25, 0.3) is 0 Å². The molecule has 1 aliphatic heterocycles. The summed E-state index contributed by atoms with van der Waals surface area (Å²) < 4.78 is 11.4. The van der Waals surface area contributed by atoms with Crippen LogP contribution in [0.4, 0.5) is 0 Å². The standard InChI is InChI=1S/C13H26NO3.BrH/c1-3-17-13(15)7-5-4-6-8-14(2)9-11-16-12-10-14;/h3-12H2,1-2H3;1H/q+1;/p-1. The molecule has 0 aliphatic carbocycles. The second kappa shape index (κ2) is 9.75. The molecule has 0 aromatic carbocycles. The molecule has 0 spiro atoms. The van der Waals surface area contributed by atoms with Gasteiger partial charge in [-0.1, -0.05) is 0 Å². The summed E-state index contributed by atoms with van der Waals surface area (Å²) in [4.78, 5) is 11.1. The number of rotatable bonds is 7. The largest absolute Gasteiger partial charge is 1.00 e.